The molecule has 1 aromatic rings. The predicted molar refractivity (Wildman–Crippen MR) is 82.0 cm³/mol. The Morgan fingerprint density at radius 2 is 2.05 bits per heavy atom. The minimum Gasteiger partial charge on any atom is -0.397 e. The number of hydrogen-bond acceptors (Lipinski definition) is 3. The number of aromatic nitrogens is 1. The summed E-state index contributed by atoms with van der Waals surface area (Å²) in [6, 6.07) is 2.10. The normalized spacial score (nSPS) is 14.0. The lowest BCUT2D eigenvalue weighted by molar-refractivity contribution is -0.129. The van der Waals surface area contributed by atoms with Gasteiger partial charge in [-0.1, -0.05) is 6.92 Å². The molecule has 6 nitrogen and oxygen atoms in total. The molecule has 2 N–H and O–H groups in total. The fraction of sp³-hybridized carbons (Fsp3) is 0.600. The van der Waals surface area contributed by atoms with Crippen LogP contribution in [0.2, 0.25) is 0 Å². The molecule has 0 aromatic carbocycles. The van der Waals surface area contributed by atoms with Crippen molar-refractivity contribution in [2.24, 2.45) is 0 Å². The molecule has 0 radical (unpaired) electrons. The average molecular weight is 292 g/mol. The molecule has 2 rings (SSSR count). The van der Waals surface area contributed by atoms with Crippen LogP contribution in [0.15, 0.2) is 12.3 Å². The molecule has 1 heterocycles. The van der Waals surface area contributed by atoms with Crippen molar-refractivity contribution in [3.63, 3.8) is 0 Å². The standard InChI is InChI=1S/C15H24N4O2/c1-4-7-18(10-14(20)17(2)3)15(21)13-8-11(16)9-19(13)12-5-6-12/h8-9,12H,4-7,10,16H2,1-3H3. The van der Waals surface area contributed by atoms with Crippen molar-refractivity contribution in [1.29, 1.82) is 0 Å². The Hall–Kier alpha value is -1.98. The van der Waals surface area contributed by atoms with Gasteiger partial charge in [0.1, 0.15) is 12.2 Å². The first kappa shape index (κ1) is 15.4. The second-order valence-corrected chi connectivity index (χ2v) is 5.81. The van der Waals surface area contributed by atoms with Crippen molar-refractivity contribution >= 4 is 17.5 Å². The molecule has 0 aliphatic heterocycles. The number of nitrogens with zero attached hydrogens (tertiary/aromatic N) is 3. The van der Waals surface area contributed by atoms with Gasteiger partial charge in [-0.15, -0.1) is 0 Å². The van der Waals surface area contributed by atoms with E-state index < -0.39 is 0 Å². The molecule has 1 fully saturated rings. The first-order chi connectivity index (χ1) is 9.93. The third-order valence-corrected chi connectivity index (χ3v) is 3.63. The number of hydrogen-bond donors (Lipinski definition) is 1. The molecule has 1 aromatic heterocycles. The molecule has 0 bridgehead atoms. The molecule has 0 unspecified atom stereocenters. The van der Waals surface area contributed by atoms with Gasteiger partial charge in [-0.2, -0.15) is 0 Å². The monoisotopic (exact) mass is 292 g/mol. The van der Waals surface area contributed by atoms with Crippen LogP contribution in [0.4, 0.5) is 5.69 Å². The van der Waals surface area contributed by atoms with Gasteiger partial charge in [-0.25, -0.2) is 0 Å². The van der Waals surface area contributed by atoms with E-state index in [4.69, 9.17) is 5.73 Å². The quantitative estimate of drug-likeness (QED) is 0.860. The van der Waals surface area contributed by atoms with Gasteiger partial charge in [0.15, 0.2) is 0 Å². The fourth-order valence-corrected chi connectivity index (χ4v) is 2.32. The Labute approximate surface area is 125 Å². The maximum atomic E-state index is 12.7. The van der Waals surface area contributed by atoms with E-state index in [1.165, 1.54) is 4.90 Å². The van der Waals surface area contributed by atoms with Crippen LogP contribution in [0, 0.1) is 0 Å². The van der Waals surface area contributed by atoms with Crippen LogP contribution in [0.25, 0.3) is 0 Å². The van der Waals surface area contributed by atoms with Crippen molar-refractivity contribution in [3.05, 3.63) is 18.0 Å². The molecule has 2 amide bonds. The number of nitrogens with two attached hydrogens (primary N) is 1. The Balaban J connectivity index is 2.19. The molecule has 21 heavy (non-hydrogen) atoms. The topological polar surface area (TPSA) is 71.6 Å². The van der Waals surface area contributed by atoms with E-state index in [1.54, 1.807) is 25.1 Å². The smallest absolute Gasteiger partial charge is 0.271 e. The number of nitrogen functional groups attached to an aromatic ring is 1. The minimum absolute atomic E-state index is 0.0747. The maximum absolute atomic E-state index is 12.7. The second-order valence-electron chi connectivity index (χ2n) is 5.81. The van der Waals surface area contributed by atoms with Gasteiger partial charge >= 0.3 is 0 Å². The summed E-state index contributed by atoms with van der Waals surface area (Å²) in [5, 5.41) is 0. The largest absolute Gasteiger partial charge is 0.397 e. The summed E-state index contributed by atoms with van der Waals surface area (Å²) in [5.41, 5.74) is 7.03. The van der Waals surface area contributed by atoms with E-state index in [9.17, 15) is 9.59 Å². The Morgan fingerprint density at radius 3 is 2.57 bits per heavy atom. The maximum Gasteiger partial charge on any atom is 0.271 e. The highest BCUT2D eigenvalue weighted by Gasteiger charge is 2.30. The molecular formula is C15H24N4O2. The molecule has 6 heteroatoms. The van der Waals surface area contributed by atoms with Gasteiger partial charge in [0.25, 0.3) is 5.91 Å². The number of anilines is 1. The van der Waals surface area contributed by atoms with Gasteiger partial charge in [0.2, 0.25) is 5.91 Å². The molecule has 0 atom stereocenters. The molecule has 1 aliphatic rings. The van der Waals surface area contributed by atoms with Crippen molar-refractivity contribution in [3.8, 4) is 0 Å². The van der Waals surface area contributed by atoms with Gasteiger partial charge in [0, 0.05) is 32.9 Å². The molecule has 1 saturated carbocycles. The van der Waals surface area contributed by atoms with Gasteiger partial charge in [0.05, 0.1) is 5.69 Å². The molecule has 0 saturated heterocycles. The summed E-state index contributed by atoms with van der Waals surface area (Å²) < 4.78 is 1.96. The first-order valence-electron chi connectivity index (χ1n) is 7.40. The predicted octanol–water partition coefficient (Wildman–Crippen LogP) is 1.35. The van der Waals surface area contributed by atoms with Crippen molar-refractivity contribution < 1.29 is 9.59 Å². The van der Waals surface area contributed by atoms with Crippen molar-refractivity contribution in [1.82, 2.24) is 14.4 Å². The number of amides is 2. The Morgan fingerprint density at radius 1 is 1.38 bits per heavy atom. The number of carbonyl (C=O) groups excluding carboxylic acids is 2. The van der Waals surface area contributed by atoms with Crippen LogP contribution in [0.1, 0.15) is 42.7 Å². The summed E-state index contributed by atoms with van der Waals surface area (Å²) in [6.45, 7) is 2.66. The molecule has 116 valence electrons. The van der Waals surface area contributed by atoms with Gasteiger partial charge in [-0.3, -0.25) is 9.59 Å². The minimum atomic E-state index is -0.115. The lowest BCUT2D eigenvalue weighted by Gasteiger charge is -2.24. The van der Waals surface area contributed by atoms with Gasteiger partial charge < -0.3 is 20.1 Å². The third kappa shape index (κ3) is 3.56. The van der Waals surface area contributed by atoms with Crippen LogP contribution in [0.3, 0.4) is 0 Å². The third-order valence-electron chi connectivity index (χ3n) is 3.63. The fourth-order valence-electron chi connectivity index (χ4n) is 2.32. The summed E-state index contributed by atoms with van der Waals surface area (Å²) in [6.07, 6.45) is 4.80. The van der Waals surface area contributed by atoms with Crippen LogP contribution in [-0.2, 0) is 4.79 Å². The highest BCUT2D eigenvalue weighted by Crippen LogP contribution is 2.37. The molecular weight excluding hydrogens is 268 g/mol. The van der Waals surface area contributed by atoms with E-state index in [0.717, 1.165) is 19.3 Å². The Kier molecular flexibility index (Phi) is 4.55. The Bertz CT molecular complexity index is 532. The van der Waals surface area contributed by atoms with Crippen LogP contribution in [0.5, 0.6) is 0 Å². The zero-order chi connectivity index (χ0) is 15.6. The zero-order valence-electron chi connectivity index (χ0n) is 13.0. The summed E-state index contributed by atoms with van der Waals surface area (Å²) in [5.74, 6) is -0.190. The lowest BCUT2D eigenvalue weighted by atomic mass is 10.3. The average Bonchev–Trinajstić information content (AvgIpc) is 3.20. The molecule has 1 aliphatic carbocycles. The second kappa shape index (κ2) is 6.20. The first-order valence-corrected chi connectivity index (χ1v) is 7.40. The zero-order valence-corrected chi connectivity index (χ0v) is 13.0. The van der Waals surface area contributed by atoms with E-state index in [2.05, 4.69) is 0 Å². The van der Waals surface area contributed by atoms with Crippen molar-refractivity contribution in [2.45, 2.75) is 32.2 Å². The lowest BCUT2D eigenvalue weighted by Crippen LogP contribution is -2.41. The van der Waals surface area contributed by atoms with E-state index in [1.807, 2.05) is 17.7 Å². The van der Waals surface area contributed by atoms with Crippen LogP contribution in [-0.4, -0.2) is 53.4 Å². The van der Waals surface area contributed by atoms with Gasteiger partial charge in [-0.05, 0) is 25.3 Å². The van der Waals surface area contributed by atoms with E-state index in [0.29, 0.717) is 24.0 Å². The number of rotatable bonds is 6. The summed E-state index contributed by atoms with van der Waals surface area (Å²) >= 11 is 0. The highest BCUT2D eigenvalue weighted by molar-refractivity contribution is 5.96. The number of carbonyl (C=O) groups is 2. The number of likely N-dealkylation sites (N-methyl/N-ethyl adjacent to an activating group) is 1. The van der Waals surface area contributed by atoms with Crippen LogP contribution >= 0.6 is 0 Å². The summed E-state index contributed by atoms with van der Waals surface area (Å²) in [7, 11) is 3.39. The van der Waals surface area contributed by atoms with E-state index >= 15 is 0 Å². The van der Waals surface area contributed by atoms with Crippen molar-refractivity contribution in [2.75, 3.05) is 32.9 Å². The van der Waals surface area contributed by atoms with E-state index in [-0.39, 0.29) is 18.4 Å². The van der Waals surface area contributed by atoms with Crippen LogP contribution < -0.4 is 5.73 Å². The SMILES string of the molecule is CCCN(CC(=O)N(C)C)C(=O)c1cc(N)cn1C1CC1. The molecule has 0 spiro atoms. The summed E-state index contributed by atoms with van der Waals surface area (Å²) in [4.78, 5) is 27.8. The highest BCUT2D eigenvalue weighted by atomic mass is 16.2.